The Hall–Kier alpha value is -2.88. The fraction of sp³-hybridized carbons (Fsp3) is 0.200. The van der Waals surface area contributed by atoms with E-state index in [1.165, 1.54) is 5.56 Å². The monoisotopic (exact) mass is 320 g/mol. The van der Waals surface area contributed by atoms with Gasteiger partial charge in [-0.1, -0.05) is 36.4 Å². The molecule has 0 saturated heterocycles. The molecule has 1 aromatic heterocycles. The summed E-state index contributed by atoms with van der Waals surface area (Å²) >= 11 is 0. The summed E-state index contributed by atoms with van der Waals surface area (Å²) in [5, 5.41) is 3.70. The Kier molecular flexibility index (Phi) is 5.06. The topological polar surface area (TPSA) is 62.0 Å². The van der Waals surface area contributed by atoms with Crippen LogP contribution < -0.4 is 5.32 Å². The zero-order chi connectivity index (χ0) is 16.8. The molecule has 1 atom stereocenters. The Bertz CT molecular complexity index is 824. The van der Waals surface area contributed by atoms with Gasteiger partial charge in [0.1, 0.15) is 6.29 Å². The number of aromatic nitrogens is 1. The second-order valence-corrected chi connectivity index (χ2v) is 5.84. The normalized spacial score (nSPS) is 12.0. The standard InChI is InChI=1S/C20H20N2O2/c23-14-16(9-4-8-15-6-2-1-3-7-15)22-20(24)18-10-5-11-19-17(18)12-13-21-19/h1-3,5-7,10-14,16,21H,4,8-9H2,(H,22,24)/t16-/m1/s1. The van der Waals surface area contributed by atoms with Gasteiger partial charge in [-0.2, -0.15) is 0 Å². The molecule has 1 heterocycles. The minimum absolute atomic E-state index is 0.211. The van der Waals surface area contributed by atoms with Crippen LogP contribution in [0, 0.1) is 0 Å². The fourth-order valence-electron chi connectivity index (χ4n) is 2.87. The Balaban J connectivity index is 1.59. The van der Waals surface area contributed by atoms with Crippen LogP contribution in [0.2, 0.25) is 0 Å². The molecule has 0 spiro atoms. The summed E-state index contributed by atoms with van der Waals surface area (Å²) in [4.78, 5) is 26.9. The number of nitrogens with one attached hydrogen (secondary N) is 2. The van der Waals surface area contributed by atoms with Crippen molar-refractivity contribution in [3.63, 3.8) is 0 Å². The zero-order valence-corrected chi connectivity index (χ0v) is 13.4. The molecule has 0 aliphatic rings. The molecule has 0 radical (unpaired) electrons. The van der Waals surface area contributed by atoms with Gasteiger partial charge in [0.2, 0.25) is 0 Å². The van der Waals surface area contributed by atoms with Crippen molar-refractivity contribution in [1.82, 2.24) is 10.3 Å². The van der Waals surface area contributed by atoms with Crippen LogP contribution in [-0.2, 0) is 11.2 Å². The number of aromatic amines is 1. The highest BCUT2D eigenvalue weighted by molar-refractivity contribution is 6.07. The number of hydrogen-bond donors (Lipinski definition) is 2. The largest absolute Gasteiger partial charge is 0.361 e. The van der Waals surface area contributed by atoms with Crippen molar-refractivity contribution in [2.24, 2.45) is 0 Å². The van der Waals surface area contributed by atoms with Crippen LogP contribution in [0.3, 0.4) is 0 Å². The summed E-state index contributed by atoms with van der Waals surface area (Å²) in [5.41, 5.74) is 2.74. The van der Waals surface area contributed by atoms with E-state index < -0.39 is 6.04 Å². The number of fused-ring (bicyclic) bond motifs is 1. The van der Waals surface area contributed by atoms with Crippen molar-refractivity contribution in [2.75, 3.05) is 0 Å². The summed E-state index contributed by atoms with van der Waals surface area (Å²) < 4.78 is 0. The molecule has 0 aliphatic heterocycles. The number of benzene rings is 2. The van der Waals surface area contributed by atoms with Crippen molar-refractivity contribution in [3.05, 3.63) is 71.9 Å². The highest BCUT2D eigenvalue weighted by Crippen LogP contribution is 2.17. The van der Waals surface area contributed by atoms with Crippen molar-refractivity contribution in [1.29, 1.82) is 0 Å². The van der Waals surface area contributed by atoms with Crippen molar-refractivity contribution in [3.8, 4) is 0 Å². The lowest BCUT2D eigenvalue weighted by molar-refractivity contribution is -0.109. The van der Waals surface area contributed by atoms with Gasteiger partial charge in [0, 0.05) is 22.7 Å². The third-order valence-corrected chi connectivity index (χ3v) is 4.14. The molecule has 4 heteroatoms. The van der Waals surface area contributed by atoms with Crippen molar-refractivity contribution >= 4 is 23.1 Å². The third kappa shape index (κ3) is 3.71. The lowest BCUT2D eigenvalue weighted by atomic mass is 10.0. The quantitative estimate of drug-likeness (QED) is 0.655. The Morgan fingerprint density at radius 2 is 1.92 bits per heavy atom. The first-order chi connectivity index (χ1) is 11.8. The van der Waals surface area contributed by atoms with Gasteiger partial charge in [-0.05, 0) is 43.0 Å². The molecule has 3 aromatic rings. The van der Waals surface area contributed by atoms with E-state index in [1.54, 1.807) is 12.3 Å². The van der Waals surface area contributed by atoms with Crippen LogP contribution in [0.25, 0.3) is 10.9 Å². The van der Waals surface area contributed by atoms with Gasteiger partial charge < -0.3 is 15.1 Å². The number of amides is 1. The molecule has 2 N–H and O–H groups in total. The van der Waals surface area contributed by atoms with Gasteiger partial charge in [0.05, 0.1) is 6.04 Å². The minimum Gasteiger partial charge on any atom is -0.361 e. The van der Waals surface area contributed by atoms with E-state index >= 15 is 0 Å². The number of hydrogen-bond acceptors (Lipinski definition) is 2. The third-order valence-electron chi connectivity index (χ3n) is 4.14. The first-order valence-electron chi connectivity index (χ1n) is 8.14. The first kappa shape index (κ1) is 16.0. The van der Waals surface area contributed by atoms with Gasteiger partial charge >= 0.3 is 0 Å². The highest BCUT2D eigenvalue weighted by atomic mass is 16.2. The van der Waals surface area contributed by atoms with Crippen LogP contribution in [-0.4, -0.2) is 23.2 Å². The predicted molar refractivity (Wildman–Crippen MR) is 95.0 cm³/mol. The molecule has 122 valence electrons. The minimum atomic E-state index is -0.463. The first-order valence-corrected chi connectivity index (χ1v) is 8.14. The van der Waals surface area contributed by atoms with Crippen LogP contribution in [0.15, 0.2) is 60.8 Å². The Morgan fingerprint density at radius 3 is 2.71 bits per heavy atom. The molecule has 0 fully saturated rings. The van der Waals surface area contributed by atoms with Crippen molar-refractivity contribution < 1.29 is 9.59 Å². The number of carbonyl (C=O) groups excluding carboxylic acids is 2. The molecule has 0 unspecified atom stereocenters. The van der Waals surface area contributed by atoms with Crippen LogP contribution in [0.4, 0.5) is 0 Å². The maximum atomic E-state index is 12.5. The maximum absolute atomic E-state index is 12.5. The molecule has 24 heavy (non-hydrogen) atoms. The van der Waals surface area contributed by atoms with Gasteiger partial charge in [-0.15, -0.1) is 0 Å². The van der Waals surface area contributed by atoms with Crippen LogP contribution in [0.1, 0.15) is 28.8 Å². The molecular formula is C20H20N2O2. The number of H-pyrrole nitrogens is 1. The summed E-state index contributed by atoms with van der Waals surface area (Å²) in [6.45, 7) is 0. The van der Waals surface area contributed by atoms with Gasteiger partial charge in [-0.3, -0.25) is 4.79 Å². The predicted octanol–water partition coefficient (Wildman–Crippen LogP) is 3.49. The smallest absolute Gasteiger partial charge is 0.252 e. The molecule has 3 rings (SSSR count). The fourth-order valence-corrected chi connectivity index (χ4v) is 2.87. The number of rotatable bonds is 7. The van der Waals surface area contributed by atoms with E-state index in [2.05, 4.69) is 22.4 Å². The number of aryl methyl sites for hydroxylation is 1. The highest BCUT2D eigenvalue weighted by Gasteiger charge is 2.15. The summed E-state index contributed by atoms with van der Waals surface area (Å²) in [7, 11) is 0. The summed E-state index contributed by atoms with van der Waals surface area (Å²) in [5.74, 6) is -0.211. The second kappa shape index (κ2) is 7.59. The van der Waals surface area contributed by atoms with E-state index in [0.29, 0.717) is 12.0 Å². The van der Waals surface area contributed by atoms with E-state index in [1.807, 2.05) is 36.4 Å². The van der Waals surface area contributed by atoms with Crippen LogP contribution >= 0.6 is 0 Å². The van der Waals surface area contributed by atoms with E-state index in [0.717, 1.165) is 30.0 Å². The zero-order valence-electron chi connectivity index (χ0n) is 13.4. The maximum Gasteiger partial charge on any atom is 0.252 e. The molecular weight excluding hydrogens is 300 g/mol. The number of aldehydes is 1. The SMILES string of the molecule is O=C[C@@H](CCCc1ccccc1)NC(=O)c1cccc2[nH]ccc12. The van der Waals surface area contributed by atoms with Crippen molar-refractivity contribution in [2.45, 2.75) is 25.3 Å². The average molecular weight is 320 g/mol. The molecule has 0 aliphatic carbocycles. The van der Waals surface area contributed by atoms with E-state index in [4.69, 9.17) is 0 Å². The summed E-state index contributed by atoms with van der Waals surface area (Å²) in [6.07, 6.45) is 5.00. The summed E-state index contributed by atoms with van der Waals surface area (Å²) in [6, 6.07) is 17.1. The molecule has 0 bridgehead atoms. The van der Waals surface area contributed by atoms with E-state index in [9.17, 15) is 9.59 Å². The second-order valence-electron chi connectivity index (χ2n) is 5.84. The Morgan fingerprint density at radius 1 is 1.08 bits per heavy atom. The lowest BCUT2D eigenvalue weighted by Crippen LogP contribution is -2.36. The molecule has 0 saturated carbocycles. The Labute approximate surface area is 140 Å². The molecule has 4 nitrogen and oxygen atoms in total. The molecule has 1 amide bonds. The lowest BCUT2D eigenvalue weighted by Gasteiger charge is -2.13. The van der Waals surface area contributed by atoms with Gasteiger partial charge in [0.15, 0.2) is 0 Å². The molecule has 2 aromatic carbocycles. The van der Waals surface area contributed by atoms with Gasteiger partial charge in [0.25, 0.3) is 5.91 Å². The van der Waals surface area contributed by atoms with E-state index in [-0.39, 0.29) is 5.91 Å². The van der Waals surface area contributed by atoms with Crippen LogP contribution in [0.5, 0.6) is 0 Å². The van der Waals surface area contributed by atoms with Gasteiger partial charge in [-0.25, -0.2) is 0 Å². The average Bonchev–Trinajstić information content (AvgIpc) is 3.10. The number of carbonyl (C=O) groups is 2.